The van der Waals surface area contributed by atoms with E-state index in [1.165, 1.54) is 103 Å². The lowest BCUT2D eigenvalue weighted by Gasteiger charge is -2.41. The maximum Gasteiger partial charge on any atom is 0.472 e. The highest BCUT2D eigenvalue weighted by Gasteiger charge is 2.51. The number of carbonyl (C=O) groups excluding carboxylic acids is 2. The number of phosphoric acid groups is 1. The number of hydrogen-bond donors (Lipinski definition) is 6. The molecule has 0 aromatic carbocycles. The summed E-state index contributed by atoms with van der Waals surface area (Å²) in [6.45, 7) is 3.24. The number of ether oxygens (including phenoxy) is 2. The van der Waals surface area contributed by atoms with Crippen molar-refractivity contribution in [3.05, 3.63) is 48.6 Å². The molecule has 0 aliphatic heterocycles. The normalized spacial score (nSPS) is 22.1. The first-order chi connectivity index (χ1) is 30.4. The SMILES string of the molecule is CCCCCC=CCC=CCC=CCC=CCCCC(=O)OC(COC(=O)CCCCCCCCCCCCCCCCCCC)COP(=O)(O)OC1C(O)C(O)C(O)C(O)C1O. The molecule has 0 aromatic heterocycles. The van der Waals surface area contributed by atoms with Crippen molar-refractivity contribution >= 4 is 19.8 Å². The molecular weight excluding hydrogens is 828 g/mol. The van der Waals surface area contributed by atoms with Crippen molar-refractivity contribution < 1.29 is 63.1 Å². The molecule has 6 atom stereocenters. The fraction of sp³-hybridized carbons (Fsp3) is 0.796. The Labute approximate surface area is 380 Å². The summed E-state index contributed by atoms with van der Waals surface area (Å²) in [5, 5.41) is 50.2. The van der Waals surface area contributed by atoms with Gasteiger partial charge >= 0.3 is 19.8 Å². The minimum absolute atomic E-state index is 0.0214. The quantitative estimate of drug-likeness (QED) is 0.0147. The van der Waals surface area contributed by atoms with Crippen molar-refractivity contribution in [2.24, 2.45) is 0 Å². The zero-order valence-electron chi connectivity index (χ0n) is 38.9. The Morgan fingerprint density at radius 3 is 1.35 bits per heavy atom. The molecule has 1 fully saturated rings. The van der Waals surface area contributed by atoms with Crippen LogP contribution in [0.25, 0.3) is 0 Å². The predicted octanol–water partition coefficient (Wildman–Crippen LogP) is 9.95. The highest BCUT2D eigenvalue weighted by molar-refractivity contribution is 7.47. The highest BCUT2D eigenvalue weighted by Crippen LogP contribution is 2.47. The number of esters is 2. The lowest BCUT2D eigenvalue weighted by molar-refractivity contribution is -0.220. The number of rotatable bonds is 40. The molecule has 13 nitrogen and oxygen atoms in total. The second-order valence-electron chi connectivity index (χ2n) is 17.0. The number of allylic oxidation sites excluding steroid dienone is 8. The first-order valence-electron chi connectivity index (χ1n) is 24.4. The van der Waals surface area contributed by atoms with E-state index in [-0.39, 0.29) is 12.8 Å². The molecule has 1 rings (SSSR count). The zero-order chi connectivity index (χ0) is 46.4. The number of carbonyl (C=O) groups is 2. The standard InChI is InChI=1S/C49H87O13P/c1-3-5-7-9-11-13-15-17-19-21-23-25-27-29-31-33-35-37-42(50)59-39-41(40-60-63(57,58)62-49-47(55)45(53)44(52)46(54)48(49)56)61-43(51)38-36-34-32-30-28-26-24-22-20-18-16-14-12-10-8-6-4-2/h12,14,18,20,24,26,30,32,41,44-49,52-56H,3-11,13,15-17,19,21-23,25,27-29,31,33-40H2,1-2H3,(H,57,58). The number of phosphoric ester groups is 1. The average molecular weight is 915 g/mol. The minimum Gasteiger partial charge on any atom is -0.462 e. The summed E-state index contributed by atoms with van der Waals surface area (Å²) in [7, 11) is -5.13. The Morgan fingerprint density at radius 2 is 0.873 bits per heavy atom. The van der Waals surface area contributed by atoms with Gasteiger partial charge in [-0.25, -0.2) is 4.57 Å². The molecule has 0 saturated heterocycles. The summed E-state index contributed by atoms with van der Waals surface area (Å²) < 4.78 is 33.5. The van der Waals surface area contributed by atoms with Gasteiger partial charge < -0.3 is 39.9 Å². The van der Waals surface area contributed by atoms with Crippen molar-refractivity contribution in [2.75, 3.05) is 13.2 Å². The van der Waals surface area contributed by atoms with E-state index in [1.54, 1.807) is 0 Å². The lowest BCUT2D eigenvalue weighted by Crippen LogP contribution is -2.64. The topological polar surface area (TPSA) is 210 Å². The summed E-state index contributed by atoms with van der Waals surface area (Å²) in [4.78, 5) is 35.7. The largest absolute Gasteiger partial charge is 0.472 e. The maximum atomic E-state index is 12.8. The maximum absolute atomic E-state index is 12.8. The van der Waals surface area contributed by atoms with Crippen LogP contribution in [-0.2, 0) is 32.7 Å². The van der Waals surface area contributed by atoms with Crippen LogP contribution < -0.4 is 0 Å². The average Bonchev–Trinajstić information content (AvgIpc) is 3.26. The fourth-order valence-electron chi connectivity index (χ4n) is 7.22. The van der Waals surface area contributed by atoms with E-state index in [1.807, 2.05) is 12.2 Å². The van der Waals surface area contributed by atoms with Crippen LogP contribution in [0.15, 0.2) is 48.6 Å². The van der Waals surface area contributed by atoms with Gasteiger partial charge in [-0.05, 0) is 51.4 Å². The van der Waals surface area contributed by atoms with Crippen molar-refractivity contribution in [3.8, 4) is 0 Å². The molecule has 63 heavy (non-hydrogen) atoms. The van der Waals surface area contributed by atoms with E-state index < -0.39 is 75.7 Å². The van der Waals surface area contributed by atoms with Gasteiger partial charge in [0.25, 0.3) is 0 Å². The molecule has 366 valence electrons. The summed E-state index contributed by atoms with van der Waals surface area (Å²) >= 11 is 0. The van der Waals surface area contributed by atoms with Crippen molar-refractivity contribution in [2.45, 2.75) is 236 Å². The first kappa shape index (κ1) is 58.8. The summed E-state index contributed by atoms with van der Waals surface area (Å²) in [6, 6.07) is 0. The van der Waals surface area contributed by atoms with E-state index in [0.717, 1.165) is 44.9 Å². The van der Waals surface area contributed by atoms with Crippen LogP contribution in [0.2, 0.25) is 0 Å². The Kier molecular flexibility index (Phi) is 36.4. The minimum atomic E-state index is -5.13. The molecule has 0 heterocycles. The van der Waals surface area contributed by atoms with E-state index in [9.17, 15) is 44.6 Å². The number of unbranched alkanes of at least 4 members (excludes halogenated alkanes) is 20. The molecule has 0 aromatic rings. The van der Waals surface area contributed by atoms with Crippen LogP contribution in [0.5, 0.6) is 0 Å². The van der Waals surface area contributed by atoms with Crippen molar-refractivity contribution in [1.82, 2.24) is 0 Å². The van der Waals surface area contributed by atoms with E-state index in [0.29, 0.717) is 19.3 Å². The second-order valence-corrected chi connectivity index (χ2v) is 18.4. The van der Waals surface area contributed by atoms with Gasteiger partial charge in [-0.1, -0.05) is 178 Å². The van der Waals surface area contributed by atoms with Gasteiger partial charge in [0, 0.05) is 12.8 Å². The second kappa shape index (κ2) is 39.0. The van der Waals surface area contributed by atoms with Crippen molar-refractivity contribution in [3.63, 3.8) is 0 Å². The van der Waals surface area contributed by atoms with Crippen molar-refractivity contribution in [1.29, 1.82) is 0 Å². The lowest BCUT2D eigenvalue weighted by atomic mass is 9.85. The monoisotopic (exact) mass is 915 g/mol. The van der Waals surface area contributed by atoms with Gasteiger partial charge in [-0.3, -0.25) is 18.6 Å². The fourth-order valence-corrected chi connectivity index (χ4v) is 8.19. The molecule has 1 aliphatic rings. The van der Waals surface area contributed by atoms with Crippen LogP contribution in [0.3, 0.4) is 0 Å². The zero-order valence-corrected chi connectivity index (χ0v) is 39.8. The Morgan fingerprint density at radius 1 is 0.492 bits per heavy atom. The Hall–Kier alpha value is -2.19. The third-order valence-corrected chi connectivity index (χ3v) is 12.2. The van der Waals surface area contributed by atoms with Gasteiger partial charge in [0.1, 0.15) is 43.2 Å². The Balaban J connectivity index is 2.47. The smallest absolute Gasteiger partial charge is 0.462 e. The molecule has 0 amide bonds. The van der Waals surface area contributed by atoms with Crippen LogP contribution in [-0.4, -0.2) is 98.3 Å². The third kappa shape index (κ3) is 31.4. The molecule has 6 unspecified atom stereocenters. The van der Waals surface area contributed by atoms with Crippen LogP contribution in [0, 0.1) is 0 Å². The number of hydrogen-bond acceptors (Lipinski definition) is 12. The number of aliphatic hydroxyl groups excluding tert-OH is 5. The van der Waals surface area contributed by atoms with Crippen LogP contribution in [0.4, 0.5) is 0 Å². The summed E-state index contributed by atoms with van der Waals surface area (Å²) in [6.07, 6.45) is 33.1. The van der Waals surface area contributed by atoms with Gasteiger partial charge in [0.2, 0.25) is 0 Å². The molecule has 0 spiro atoms. The molecule has 1 saturated carbocycles. The van der Waals surface area contributed by atoms with Crippen LogP contribution in [0.1, 0.15) is 194 Å². The highest BCUT2D eigenvalue weighted by atomic mass is 31.2. The molecule has 14 heteroatoms. The van der Waals surface area contributed by atoms with Gasteiger partial charge in [-0.2, -0.15) is 0 Å². The predicted molar refractivity (Wildman–Crippen MR) is 249 cm³/mol. The number of aliphatic hydroxyl groups is 5. The van der Waals surface area contributed by atoms with E-state index >= 15 is 0 Å². The molecule has 0 bridgehead atoms. The molecular formula is C49H87O13P. The van der Waals surface area contributed by atoms with E-state index in [2.05, 4.69) is 50.3 Å². The van der Waals surface area contributed by atoms with Crippen LogP contribution >= 0.6 is 7.82 Å². The molecule has 6 N–H and O–H groups in total. The summed E-state index contributed by atoms with van der Waals surface area (Å²) in [5.41, 5.74) is 0. The Bertz CT molecular complexity index is 1290. The molecule has 1 aliphatic carbocycles. The third-order valence-electron chi connectivity index (χ3n) is 11.2. The first-order valence-corrected chi connectivity index (χ1v) is 25.9. The van der Waals surface area contributed by atoms with Gasteiger partial charge in [0.15, 0.2) is 6.10 Å². The van der Waals surface area contributed by atoms with Gasteiger partial charge in [-0.15, -0.1) is 0 Å². The summed E-state index contributed by atoms with van der Waals surface area (Å²) in [5.74, 6) is -1.16. The molecule has 0 radical (unpaired) electrons. The van der Waals surface area contributed by atoms with E-state index in [4.69, 9.17) is 18.5 Å². The van der Waals surface area contributed by atoms with Gasteiger partial charge in [0.05, 0.1) is 6.61 Å².